The van der Waals surface area contributed by atoms with Crippen LogP contribution in [0.1, 0.15) is 48.9 Å². The molecular weight excluding hydrogens is 238 g/mol. The second kappa shape index (κ2) is 7.89. The van der Waals surface area contributed by atoms with Gasteiger partial charge >= 0.3 is 0 Å². The largest absolute Gasteiger partial charge is 0.352 e. The average Bonchev–Trinajstić information content (AvgIpc) is 2.49. The van der Waals surface area contributed by atoms with Gasteiger partial charge in [-0.2, -0.15) is 0 Å². The fourth-order valence-corrected chi connectivity index (χ4v) is 2.63. The van der Waals surface area contributed by atoms with Crippen LogP contribution in [-0.4, -0.2) is 30.0 Å². The molecule has 2 rings (SSSR count). The highest BCUT2D eigenvalue weighted by Gasteiger charge is 2.15. The van der Waals surface area contributed by atoms with Crippen LogP contribution >= 0.6 is 0 Å². The van der Waals surface area contributed by atoms with E-state index in [1.54, 1.807) is 24.5 Å². The number of rotatable bonds is 6. The Morgan fingerprint density at radius 1 is 1.26 bits per heavy atom. The van der Waals surface area contributed by atoms with E-state index in [2.05, 4.69) is 15.6 Å². The molecule has 0 unspecified atom stereocenters. The van der Waals surface area contributed by atoms with E-state index in [1.807, 2.05) is 0 Å². The molecule has 1 aromatic rings. The van der Waals surface area contributed by atoms with E-state index in [9.17, 15) is 4.79 Å². The molecule has 104 valence electrons. The minimum atomic E-state index is 0.0000615. The van der Waals surface area contributed by atoms with Gasteiger partial charge in [0, 0.05) is 30.9 Å². The molecule has 4 heteroatoms. The summed E-state index contributed by atoms with van der Waals surface area (Å²) in [6.07, 6.45) is 11.2. The number of nitrogens with two attached hydrogens (primary N) is 1. The van der Waals surface area contributed by atoms with Crippen LogP contribution in [-0.2, 0) is 0 Å². The summed E-state index contributed by atoms with van der Waals surface area (Å²) in [6, 6.07) is 4.30. The summed E-state index contributed by atoms with van der Waals surface area (Å²) in [7, 11) is 0. The summed E-state index contributed by atoms with van der Waals surface area (Å²) >= 11 is 0. The fraction of sp³-hybridized carbons (Fsp3) is 0.600. The summed E-state index contributed by atoms with van der Waals surface area (Å²) in [5, 5.41) is 5.41. The van der Waals surface area contributed by atoms with Crippen molar-refractivity contribution in [3.63, 3.8) is 0 Å². The second-order valence-corrected chi connectivity index (χ2v) is 5.27. The van der Waals surface area contributed by atoms with Gasteiger partial charge in [-0.05, 0) is 37.8 Å². The molecule has 0 saturated heterocycles. The van der Waals surface area contributed by atoms with E-state index < -0.39 is 0 Å². The van der Waals surface area contributed by atoms with Crippen molar-refractivity contribution in [1.82, 2.24) is 10.3 Å². The van der Waals surface area contributed by atoms with Gasteiger partial charge in [-0.15, -0.1) is 0 Å². The van der Waals surface area contributed by atoms with Gasteiger partial charge in [0.15, 0.2) is 0 Å². The zero-order chi connectivity index (χ0) is 13.3. The lowest BCUT2D eigenvalue weighted by atomic mass is 9.95. The average molecular weight is 262 g/mol. The van der Waals surface area contributed by atoms with E-state index in [-0.39, 0.29) is 5.91 Å². The van der Waals surface area contributed by atoms with Crippen LogP contribution in [0.5, 0.6) is 0 Å². The highest BCUT2D eigenvalue weighted by molar-refractivity contribution is 5.93. The second-order valence-electron chi connectivity index (χ2n) is 5.27. The normalized spacial score (nSPS) is 16.2. The van der Waals surface area contributed by atoms with Gasteiger partial charge < -0.3 is 10.6 Å². The number of hydrogen-bond acceptors (Lipinski definition) is 2. The van der Waals surface area contributed by atoms with Gasteiger partial charge in [0.2, 0.25) is 0 Å². The van der Waals surface area contributed by atoms with Crippen molar-refractivity contribution >= 4 is 5.91 Å². The van der Waals surface area contributed by atoms with Crippen LogP contribution in [0.3, 0.4) is 0 Å². The number of aromatic nitrogens is 1. The van der Waals surface area contributed by atoms with Gasteiger partial charge in [0.05, 0.1) is 12.6 Å². The van der Waals surface area contributed by atoms with Crippen LogP contribution < -0.4 is 10.6 Å². The Kier molecular flexibility index (Phi) is 5.82. The Bertz CT molecular complexity index is 374. The quantitative estimate of drug-likeness (QED) is 0.754. The molecular formula is C15H24N3O+. The smallest absolute Gasteiger partial charge is 0.251 e. The Balaban J connectivity index is 1.55. The summed E-state index contributed by atoms with van der Waals surface area (Å²) in [6.45, 7) is 1.87. The molecule has 0 spiro atoms. The van der Waals surface area contributed by atoms with Crippen molar-refractivity contribution < 1.29 is 10.1 Å². The summed E-state index contributed by atoms with van der Waals surface area (Å²) in [5.74, 6) is 0.0000615. The third-order valence-corrected chi connectivity index (χ3v) is 3.76. The minimum absolute atomic E-state index is 0.0000615. The molecule has 1 saturated carbocycles. The van der Waals surface area contributed by atoms with Crippen molar-refractivity contribution in [3.05, 3.63) is 30.1 Å². The minimum Gasteiger partial charge on any atom is -0.352 e. The predicted molar refractivity (Wildman–Crippen MR) is 74.9 cm³/mol. The van der Waals surface area contributed by atoms with Crippen molar-refractivity contribution in [2.45, 2.75) is 44.6 Å². The Morgan fingerprint density at radius 2 is 2.00 bits per heavy atom. The third-order valence-electron chi connectivity index (χ3n) is 3.76. The number of hydrogen-bond donors (Lipinski definition) is 2. The van der Waals surface area contributed by atoms with Crippen molar-refractivity contribution in [1.29, 1.82) is 0 Å². The lowest BCUT2D eigenvalue weighted by Crippen LogP contribution is -2.90. The standard InChI is InChI=1S/C15H23N3O/c19-15(13-7-11-16-12-8-13)18-10-4-9-17-14-5-2-1-3-6-14/h7-8,11-12,14,17H,1-6,9-10H2,(H,18,19)/p+1. The lowest BCUT2D eigenvalue weighted by molar-refractivity contribution is -0.691. The molecule has 3 N–H and O–H groups in total. The maximum Gasteiger partial charge on any atom is 0.251 e. The number of carbonyl (C=O) groups excluding carboxylic acids is 1. The molecule has 19 heavy (non-hydrogen) atoms. The molecule has 0 atom stereocenters. The van der Waals surface area contributed by atoms with E-state index in [4.69, 9.17) is 0 Å². The first-order chi connectivity index (χ1) is 9.36. The van der Waals surface area contributed by atoms with Crippen molar-refractivity contribution in [2.24, 2.45) is 0 Å². The summed E-state index contributed by atoms with van der Waals surface area (Å²) < 4.78 is 0. The maximum absolute atomic E-state index is 11.8. The van der Waals surface area contributed by atoms with Gasteiger partial charge in [-0.1, -0.05) is 6.42 Å². The number of pyridine rings is 1. The molecule has 0 radical (unpaired) electrons. The molecule has 4 nitrogen and oxygen atoms in total. The molecule has 1 heterocycles. The number of carbonyl (C=O) groups is 1. The highest BCUT2D eigenvalue weighted by atomic mass is 16.1. The molecule has 1 aromatic heterocycles. The predicted octanol–water partition coefficient (Wildman–Crippen LogP) is 1.10. The van der Waals surface area contributed by atoms with Crippen LogP contribution in [0.25, 0.3) is 0 Å². The number of nitrogens with zero attached hydrogens (tertiary/aromatic N) is 1. The zero-order valence-electron chi connectivity index (χ0n) is 11.5. The topological polar surface area (TPSA) is 58.6 Å². The molecule has 1 aliphatic carbocycles. The molecule has 0 aliphatic heterocycles. The van der Waals surface area contributed by atoms with E-state index >= 15 is 0 Å². The molecule has 1 aliphatic rings. The Labute approximate surface area is 115 Å². The Morgan fingerprint density at radius 3 is 2.74 bits per heavy atom. The SMILES string of the molecule is O=C(NCCC[NH2+]C1CCCCC1)c1ccncc1. The lowest BCUT2D eigenvalue weighted by Gasteiger charge is -2.19. The van der Waals surface area contributed by atoms with E-state index in [1.165, 1.54) is 32.1 Å². The number of amides is 1. The van der Waals surface area contributed by atoms with Gasteiger partial charge in [-0.3, -0.25) is 9.78 Å². The van der Waals surface area contributed by atoms with Crippen molar-refractivity contribution in [3.8, 4) is 0 Å². The van der Waals surface area contributed by atoms with Crippen molar-refractivity contribution in [2.75, 3.05) is 13.1 Å². The van der Waals surface area contributed by atoms with E-state index in [0.717, 1.165) is 25.6 Å². The van der Waals surface area contributed by atoms with E-state index in [0.29, 0.717) is 5.56 Å². The molecule has 1 fully saturated rings. The van der Waals surface area contributed by atoms with Gasteiger partial charge in [0.1, 0.15) is 0 Å². The molecule has 0 aromatic carbocycles. The van der Waals surface area contributed by atoms with Gasteiger partial charge in [-0.25, -0.2) is 0 Å². The number of nitrogens with one attached hydrogen (secondary N) is 1. The first-order valence-electron chi connectivity index (χ1n) is 7.38. The Hall–Kier alpha value is -1.42. The molecule has 0 bridgehead atoms. The highest BCUT2D eigenvalue weighted by Crippen LogP contribution is 2.14. The first-order valence-corrected chi connectivity index (χ1v) is 7.38. The van der Waals surface area contributed by atoms with Crippen LogP contribution in [0, 0.1) is 0 Å². The first kappa shape index (κ1) is 14.0. The van der Waals surface area contributed by atoms with Crippen LogP contribution in [0.2, 0.25) is 0 Å². The summed E-state index contributed by atoms with van der Waals surface area (Å²) in [4.78, 5) is 15.7. The van der Waals surface area contributed by atoms with Crippen LogP contribution in [0.4, 0.5) is 0 Å². The maximum atomic E-state index is 11.8. The monoisotopic (exact) mass is 262 g/mol. The zero-order valence-corrected chi connectivity index (χ0v) is 11.5. The third kappa shape index (κ3) is 4.99. The van der Waals surface area contributed by atoms with Crippen LogP contribution in [0.15, 0.2) is 24.5 Å². The fourth-order valence-electron chi connectivity index (χ4n) is 2.63. The summed E-state index contributed by atoms with van der Waals surface area (Å²) in [5.41, 5.74) is 0.686. The number of quaternary nitrogens is 1. The molecule has 1 amide bonds. The van der Waals surface area contributed by atoms with Gasteiger partial charge in [0.25, 0.3) is 5.91 Å².